The molecule has 0 saturated carbocycles. The van der Waals surface area contributed by atoms with Crippen molar-refractivity contribution in [1.82, 2.24) is 15.0 Å². The summed E-state index contributed by atoms with van der Waals surface area (Å²) in [5, 5.41) is 3.90. The molecule has 0 radical (unpaired) electrons. The molecule has 0 unspecified atom stereocenters. The van der Waals surface area contributed by atoms with Crippen LogP contribution in [0.25, 0.3) is 0 Å². The van der Waals surface area contributed by atoms with Gasteiger partial charge in [0.2, 0.25) is 5.89 Å². The summed E-state index contributed by atoms with van der Waals surface area (Å²) in [5.74, 6) is -0.215. The molecule has 1 amide bonds. The van der Waals surface area contributed by atoms with Crippen LogP contribution >= 0.6 is 0 Å². The molecular weight excluding hydrogens is 344 g/mol. The summed E-state index contributed by atoms with van der Waals surface area (Å²) in [6, 6.07) is 3.02. The van der Waals surface area contributed by atoms with Gasteiger partial charge < -0.3 is 14.2 Å². The minimum atomic E-state index is -0.841. The molecule has 1 fully saturated rings. The highest BCUT2D eigenvalue weighted by atomic mass is 19.1. The normalized spacial score (nSPS) is 16.5. The average molecular weight is 365 g/mol. The van der Waals surface area contributed by atoms with Gasteiger partial charge in [0.1, 0.15) is 5.82 Å². The lowest BCUT2D eigenvalue weighted by molar-refractivity contribution is -0.139. The molecule has 2 aromatic rings. The van der Waals surface area contributed by atoms with Crippen LogP contribution < -0.4 is 4.74 Å². The van der Waals surface area contributed by atoms with Gasteiger partial charge in [0, 0.05) is 32.5 Å². The second-order valence-electron chi connectivity index (χ2n) is 6.54. The average Bonchev–Trinajstić information content (AvgIpc) is 3.02. The maximum atomic E-state index is 13.7. The summed E-state index contributed by atoms with van der Waals surface area (Å²) in [7, 11) is 0. The number of benzene rings is 1. The number of rotatable bonds is 5. The minimum Gasteiger partial charge on any atom is -0.478 e. The Morgan fingerprint density at radius 3 is 2.73 bits per heavy atom. The molecule has 0 bridgehead atoms. The largest absolute Gasteiger partial charge is 0.478 e. The van der Waals surface area contributed by atoms with Crippen LogP contribution in [0.3, 0.4) is 0 Å². The van der Waals surface area contributed by atoms with E-state index in [0.717, 1.165) is 31.4 Å². The first-order chi connectivity index (χ1) is 12.4. The smallest absolute Gasteiger partial charge is 0.263 e. The van der Waals surface area contributed by atoms with Crippen molar-refractivity contribution in [1.29, 1.82) is 0 Å². The Balaban J connectivity index is 1.51. The highest BCUT2D eigenvalue weighted by Gasteiger charge is 2.28. The molecule has 1 aromatic heterocycles. The second-order valence-corrected chi connectivity index (χ2v) is 6.54. The Hall–Kier alpha value is -2.51. The first-order valence-corrected chi connectivity index (χ1v) is 8.62. The molecule has 8 heteroatoms. The van der Waals surface area contributed by atoms with Gasteiger partial charge in [0.05, 0.1) is 0 Å². The van der Waals surface area contributed by atoms with E-state index in [1.165, 1.54) is 6.07 Å². The number of carbonyl (C=O) groups is 1. The standard InChI is InChI=1S/C18H21F2N3O3/c1-11(25-16-4-3-14(19)10-15(16)20)18(24)23-7-5-13(6-8-23)9-17-21-12(2)26-22-17/h3-4,10-11,13H,5-9H2,1-2H3/t11-/m1/s1. The number of ether oxygens (including phenoxy) is 1. The Morgan fingerprint density at radius 2 is 2.12 bits per heavy atom. The lowest BCUT2D eigenvalue weighted by Gasteiger charge is -2.33. The molecule has 0 spiro atoms. The van der Waals surface area contributed by atoms with E-state index in [0.29, 0.717) is 30.7 Å². The van der Waals surface area contributed by atoms with Gasteiger partial charge in [-0.15, -0.1) is 0 Å². The van der Waals surface area contributed by atoms with E-state index in [1.54, 1.807) is 18.7 Å². The fraction of sp³-hybridized carbons (Fsp3) is 0.500. The van der Waals surface area contributed by atoms with Crippen LogP contribution in [0, 0.1) is 24.5 Å². The molecule has 1 atom stereocenters. The molecule has 1 saturated heterocycles. The van der Waals surface area contributed by atoms with Gasteiger partial charge in [-0.1, -0.05) is 5.16 Å². The fourth-order valence-electron chi connectivity index (χ4n) is 3.11. The molecule has 0 aliphatic carbocycles. The quantitative estimate of drug-likeness (QED) is 0.815. The van der Waals surface area contributed by atoms with Crippen molar-refractivity contribution < 1.29 is 22.8 Å². The zero-order chi connectivity index (χ0) is 18.7. The molecule has 2 heterocycles. The van der Waals surface area contributed by atoms with E-state index in [2.05, 4.69) is 10.1 Å². The van der Waals surface area contributed by atoms with Crippen LogP contribution in [0.15, 0.2) is 22.7 Å². The molecular formula is C18H21F2N3O3. The molecule has 6 nitrogen and oxygen atoms in total. The summed E-state index contributed by atoms with van der Waals surface area (Å²) >= 11 is 0. The topological polar surface area (TPSA) is 68.5 Å². The van der Waals surface area contributed by atoms with E-state index in [-0.39, 0.29) is 11.7 Å². The number of nitrogens with zero attached hydrogens (tertiary/aromatic N) is 3. The number of amides is 1. The maximum absolute atomic E-state index is 13.7. The summed E-state index contributed by atoms with van der Waals surface area (Å²) in [6.07, 6.45) is 1.55. The summed E-state index contributed by atoms with van der Waals surface area (Å²) in [5.41, 5.74) is 0. The summed E-state index contributed by atoms with van der Waals surface area (Å²) < 4.78 is 37.0. The fourth-order valence-corrected chi connectivity index (χ4v) is 3.11. The molecule has 1 aliphatic heterocycles. The highest BCUT2D eigenvalue weighted by Crippen LogP contribution is 2.23. The number of piperidine rings is 1. The number of aryl methyl sites for hydroxylation is 1. The number of halogens is 2. The van der Waals surface area contributed by atoms with Crippen LogP contribution in [0.5, 0.6) is 5.75 Å². The van der Waals surface area contributed by atoms with Crippen molar-refractivity contribution in [2.45, 2.75) is 39.2 Å². The predicted octanol–water partition coefficient (Wildman–Crippen LogP) is 2.90. The van der Waals surface area contributed by atoms with Crippen molar-refractivity contribution in [3.05, 3.63) is 41.5 Å². The zero-order valence-electron chi connectivity index (χ0n) is 14.7. The van der Waals surface area contributed by atoms with Crippen molar-refractivity contribution in [2.75, 3.05) is 13.1 Å². The van der Waals surface area contributed by atoms with Gasteiger partial charge in [0.25, 0.3) is 5.91 Å². The SMILES string of the molecule is Cc1nc(CC2CCN(C(=O)[C@@H](C)Oc3ccc(F)cc3F)CC2)no1. The lowest BCUT2D eigenvalue weighted by atomic mass is 9.93. The van der Waals surface area contributed by atoms with Crippen molar-refractivity contribution in [2.24, 2.45) is 5.92 Å². The van der Waals surface area contributed by atoms with Gasteiger partial charge in [-0.25, -0.2) is 8.78 Å². The summed E-state index contributed by atoms with van der Waals surface area (Å²) in [4.78, 5) is 18.4. The molecule has 26 heavy (non-hydrogen) atoms. The Labute approximate surface area is 150 Å². The molecule has 1 aliphatic rings. The van der Waals surface area contributed by atoms with Gasteiger partial charge in [-0.2, -0.15) is 4.98 Å². The number of hydrogen-bond donors (Lipinski definition) is 0. The van der Waals surface area contributed by atoms with Crippen LogP contribution in [0.2, 0.25) is 0 Å². The first kappa shape index (κ1) is 18.3. The zero-order valence-corrected chi connectivity index (χ0v) is 14.7. The van der Waals surface area contributed by atoms with Gasteiger partial charge >= 0.3 is 0 Å². The van der Waals surface area contributed by atoms with Crippen molar-refractivity contribution in [3.8, 4) is 5.75 Å². The van der Waals surface area contributed by atoms with Crippen LogP contribution in [-0.2, 0) is 11.2 Å². The first-order valence-electron chi connectivity index (χ1n) is 8.62. The number of likely N-dealkylation sites (tertiary alicyclic amines) is 1. The van der Waals surface area contributed by atoms with E-state index < -0.39 is 17.7 Å². The number of carbonyl (C=O) groups excluding carboxylic acids is 1. The number of aromatic nitrogens is 2. The second kappa shape index (κ2) is 7.80. The Morgan fingerprint density at radius 1 is 1.38 bits per heavy atom. The van der Waals surface area contributed by atoms with Gasteiger partial charge in [0.15, 0.2) is 23.5 Å². The van der Waals surface area contributed by atoms with E-state index in [4.69, 9.17) is 9.26 Å². The Kier molecular flexibility index (Phi) is 5.49. The van der Waals surface area contributed by atoms with Crippen LogP contribution in [0.4, 0.5) is 8.78 Å². The van der Waals surface area contributed by atoms with E-state index >= 15 is 0 Å². The third kappa shape index (κ3) is 4.36. The lowest BCUT2D eigenvalue weighted by Crippen LogP contribution is -2.45. The third-order valence-electron chi connectivity index (χ3n) is 4.51. The minimum absolute atomic E-state index is 0.130. The van der Waals surface area contributed by atoms with Gasteiger partial charge in [-0.3, -0.25) is 4.79 Å². The van der Waals surface area contributed by atoms with E-state index in [1.807, 2.05) is 0 Å². The Bertz CT molecular complexity index is 773. The van der Waals surface area contributed by atoms with E-state index in [9.17, 15) is 13.6 Å². The molecule has 0 N–H and O–H groups in total. The number of hydrogen-bond acceptors (Lipinski definition) is 5. The highest BCUT2D eigenvalue weighted by molar-refractivity contribution is 5.81. The predicted molar refractivity (Wildman–Crippen MR) is 88.5 cm³/mol. The van der Waals surface area contributed by atoms with Crippen LogP contribution in [-0.4, -0.2) is 40.1 Å². The van der Waals surface area contributed by atoms with Crippen molar-refractivity contribution in [3.63, 3.8) is 0 Å². The third-order valence-corrected chi connectivity index (χ3v) is 4.51. The molecule has 140 valence electrons. The monoisotopic (exact) mass is 365 g/mol. The summed E-state index contributed by atoms with van der Waals surface area (Å²) in [6.45, 7) is 4.52. The molecule has 3 rings (SSSR count). The van der Waals surface area contributed by atoms with Crippen LogP contribution in [0.1, 0.15) is 31.5 Å². The maximum Gasteiger partial charge on any atom is 0.263 e. The van der Waals surface area contributed by atoms with Gasteiger partial charge in [-0.05, 0) is 37.8 Å². The molecule has 1 aromatic carbocycles. The van der Waals surface area contributed by atoms with Crippen molar-refractivity contribution >= 4 is 5.91 Å².